The van der Waals surface area contributed by atoms with Crippen molar-refractivity contribution in [2.75, 3.05) is 11.9 Å². The standard InChI is InChI=1S/C28H22ClN3O3S/c1-18-11-12-21(29)14-23(18)30-26(33)17-32-27(34)25(36-28(32)35)13-20-16-31(15-19-7-3-2-4-8-19)24-10-6-5-9-22(20)24/h2-14,16H,15,17H2,1H3,(H,30,33)/b25-13-. The number of nitrogens with zero attached hydrogens (tertiary/aromatic N) is 2. The number of carbonyl (C=O) groups is 3. The first kappa shape index (κ1) is 23.9. The van der Waals surface area contributed by atoms with Crippen LogP contribution < -0.4 is 5.32 Å². The highest BCUT2D eigenvalue weighted by Gasteiger charge is 2.36. The molecule has 3 amide bonds. The monoisotopic (exact) mass is 515 g/mol. The molecule has 8 heteroatoms. The van der Waals surface area contributed by atoms with Gasteiger partial charge >= 0.3 is 0 Å². The van der Waals surface area contributed by atoms with Crippen molar-refractivity contribution in [1.82, 2.24) is 9.47 Å². The van der Waals surface area contributed by atoms with Gasteiger partial charge in [-0.2, -0.15) is 0 Å². The predicted molar refractivity (Wildman–Crippen MR) is 145 cm³/mol. The number of hydrogen-bond donors (Lipinski definition) is 1. The maximum absolute atomic E-state index is 13.1. The van der Waals surface area contributed by atoms with Gasteiger partial charge in [-0.15, -0.1) is 0 Å². The first-order valence-electron chi connectivity index (χ1n) is 11.3. The summed E-state index contributed by atoms with van der Waals surface area (Å²) in [5, 5.41) is 3.72. The van der Waals surface area contributed by atoms with Crippen LogP contribution in [0.5, 0.6) is 0 Å². The summed E-state index contributed by atoms with van der Waals surface area (Å²) < 4.78 is 2.13. The van der Waals surface area contributed by atoms with Gasteiger partial charge < -0.3 is 9.88 Å². The topological polar surface area (TPSA) is 71.4 Å². The molecule has 180 valence electrons. The second kappa shape index (κ2) is 10.0. The molecule has 0 spiro atoms. The average Bonchev–Trinajstić information content (AvgIpc) is 3.34. The van der Waals surface area contributed by atoms with Crippen LogP contribution in [0.25, 0.3) is 17.0 Å². The summed E-state index contributed by atoms with van der Waals surface area (Å²) in [5.41, 5.74) is 4.40. The number of imide groups is 1. The van der Waals surface area contributed by atoms with E-state index in [0.717, 1.165) is 44.3 Å². The van der Waals surface area contributed by atoms with Gasteiger partial charge in [-0.05, 0) is 54.1 Å². The van der Waals surface area contributed by atoms with Crippen LogP contribution >= 0.6 is 23.4 Å². The third-order valence-corrected chi connectivity index (χ3v) is 7.09. The van der Waals surface area contributed by atoms with Gasteiger partial charge in [0.25, 0.3) is 11.1 Å². The highest BCUT2D eigenvalue weighted by Crippen LogP contribution is 2.34. The number of amides is 3. The van der Waals surface area contributed by atoms with Crippen LogP contribution in [-0.2, 0) is 16.1 Å². The minimum absolute atomic E-state index is 0.286. The molecule has 0 aliphatic carbocycles. The van der Waals surface area contributed by atoms with Crippen LogP contribution in [-0.4, -0.2) is 33.1 Å². The Hall–Kier alpha value is -3.81. The van der Waals surface area contributed by atoms with E-state index in [-0.39, 0.29) is 11.4 Å². The molecule has 2 heterocycles. The number of para-hydroxylation sites is 1. The van der Waals surface area contributed by atoms with Crippen molar-refractivity contribution in [3.8, 4) is 0 Å². The molecule has 0 unspecified atom stereocenters. The number of nitrogens with one attached hydrogen (secondary N) is 1. The van der Waals surface area contributed by atoms with E-state index in [1.54, 1.807) is 24.3 Å². The summed E-state index contributed by atoms with van der Waals surface area (Å²) in [6.07, 6.45) is 3.72. The molecule has 6 nitrogen and oxygen atoms in total. The van der Waals surface area contributed by atoms with E-state index in [1.807, 2.05) is 55.6 Å². The van der Waals surface area contributed by atoms with Crippen molar-refractivity contribution < 1.29 is 14.4 Å². The largest absolute Gasteiger partial charge is 0.342 e. The van der Waals surface area contributed by atoms with Crippen LogP contribution in [0.4, 0.5) is 10.5 Å². The van der Waals surface area contributed by atoms with Crippen LogP contribution in [0, 0.1) is 6.92 Å². The van der Waals surface area contributed by atoms with E-state index >= 15 is 0 Å². The zero-order valence-electron chi connectivity index (χ0n) is 19.4. The zero-order valence-corrected chi connectivity index (χ0v) is 21.0. The number of hydrogen-bond acceptors (Lipinski definition) is 4. The molecule has 0 saturated carbocycles. The minimum atomic E-state index is -0.483. The van der Waals surface area contributed by atoms with Crippen LogP contribution in [0.15, 0.2) is 83.9 Å². The van der Waals surface area contributed by atoms with Crippen molar-refractivity contribution in [1.29, 1.82) is 0 Å². The highest BCUT2D eigenvalue weighted by atomic mass is 35.5. The van der Waals surface area contributed by atoms with Crippen LogP contribution in [0.2, 0.25) is 5.02 Å². The predicted octanol–water partition coefficient (Wildman–Crippen LogP) is 6.33. The minimum Gasteiger partial charge on any atom is -0.342 e. The van der Waals surface area contributed by atoms with E-state index in [0.29, 0.717) is 17.3 Å². The van der Waals surface area contributed by atoms with Gasteiger partial charge in [-0.3, -0.25) is 19.3 Å². The molecule has 0 atom stereocenters. The van der Waals surface area contributed by atoms with Gasteiger partial charge in [-0.25, -0.2) is 0 Å². The molecule has 1 saturated heterocycles. The Morgan fingerprint density at radius 1 is 1.03 bits per heavy atom. The molecule has 1 aliphatic heterocycles. The van der Waals surface area contributed by atoms with Crippen molar-refractivity contribution in [3.05, 3.63) is 106 Å². The molecule has 1 aromatic heterocycles. The Morgan fingerprint density at radius 3 is 2.58 bits per heavy atom. The fourth-order valence-corrected chi connectivity index (χ4v) is 5.14. The van der Waals surface area contributed by atoms with E-state index in [9.17, 15) is 14.4 Å². The Morgan fingerprint density at radius 2 is 1.78 bits per heavy atom. The molecule has 1 N–H and O–H groups in total. The van der Waals surface area contributed by atoms with Crippen LogP contribution in [0.3, 0.4) is 0 Å². The number of fused-ring (bicyclic) bond motifs is 1. The van der Waals surface area contributed by atoms with Crippen molar-refractivity contribution in [3.63, 3.8) is 0 Å². The second-order valence-corrected chi connectivity index (χ2v) is 9.92. The number of anilines is 1. The third-order valence-electron chi connectivity index (χ3n) is 5.95. The number of benzene rings is 3. The fourth-order valence-electron chi connectivity index (χ4n) is 4.14. The van der Waals surface area contributed by atoms with Gasteiger partial charge in [0, 0.05) is 39.9 Å². The van der Waals surface area contributed by atoms with Crippen molar-refractivity contribution in [2.24, 2.45) is 0 Å². The molecule has 1 fully saturated rings. The number of halogens is 1. The lowest BCUT2D eigenvalue weighted by atomic mass is 10.1. The van der Waals surface area contributed by atoms with Crippen LogP contribution in [0.1, 0.15) is 16.7 Å². The lowest BCUT2D eigenvalue weighted by Crippen LogP contribution is -2.36. The quantitative estimate of drug-likeness (QED) is 0.305. The highest BCUT2D eigenvalue weighted by molar-refractivity contribution is 8.18. The first-order valence-corrected chi connectivity index (χ1v) is 12.5. The van der Waals surface area contributed by atoms with Crippen molar-refractivity contribution >= 4 is 63.1 Å². The van der Waals surface area contributed by atoms with Gasteiger partial charge in [-0.1, -0.05) is 66.2 Å². The Kier molecular flexibility index (Phi) is 6.67. The number of rotatable bonds is 6. The summed E-state index contributed by atoms with van der Waals surface area (Å²) in [6, 6.07) is 23.2. The maximum Gasteiger partial charge on any atom is 0.294 e. The first-order chi connectivity index (χ1) is 17.4. The molecule has 4 aromatic rings. The molecule has 5 rings (SSSR count). The van der Waals surface area contributed by atoms with Gasteiger partial charge in [0.05, 0.1) is 4.91 Å². The Bertz CT molecular complexity index is 1530. The summed E-state index contributed by atoms with van der Waals surface area (Å²) in [5.74, 6) is -0.953. The lowest BCUT2D eigenvalue weighted by molar-refractivity contribution is -0.127. The normalized spacial score (nSPS) is 14.7. The molecule has 3 aromatic carbocycles. The summed E-state index contributed by atoms with van der Waals surface area (Å²) in [4.78, 5) is 39.6. The number of aromatic nitrogens is 1. The molecular formula is C28H22ClN3O3S. The summed E-state index contributed by atoms with van der Waals surface area (Å²) in [7, 11) is 0. The van der Waals surface area contributed by atoms with E-state index < -0.39 is 17.1 Å². The maximum atomic E-state index is 13.1. The van der Waals surface area contributed by atoms with E-state index in [1.165, 1.54) is 0 Å². The number of thioether (sulfide) groups is 1. The van der Waals surface area contributed by atoms with Gasteiger partial charge in [0.15, 0.2) is 0 Å². The third kappa shape index (κ3) is 4.94. The van der Waals surface area contributed by atoms with Gasteiger partial charge in [0.2, 0.25) is 5.91 Å². The molecule has 0 radical (unpaired) electrons. The average molecular weight is 516 g/mol. The molecule has 0 bridgehead atoms. The smallest absolute Gasteiger partial charge is 0.294 e. The molecule has 36 heavy (non-hydrogen) atoms. The lowest BCUT2D eigenvalue weighted by Gasteiger charge is -2.13. The van der Waals surface area contributed by atoms with E-state index in [4.69, 9.17) is 11.6 Å². The Balaban J connectivity index is 1.37. The second-order valence-electron chi connectivity index (χ2n) is 8.49. The molecule has 1 aliphatic rings. The van der Waals surface area contributed by atoms with E-state index in [2.05, 4.69) is 22.0 Å². The number of carbonyl (C=O) groups excluding carboxylic acids is 3. The summed E-state index contributed by atoms with van der Waals surface area (Å²) >= 11 is 6.86. The fraction of sp³-hybridized carbons (Fsp3) is 0.107. The Labute approximate surface area is 217 Å². The van der Waals surface area contributed by atoms with Crippen molar-refractivity contribution in [2.45, 2.75) is 13.5 Å². The zero-order chi connectivity index (χ0) is 25.2. The molecular weight excluding hydrogens is 494 g/mol. The van der Waals surface area contributed by atoms with Gasteiger partial charge in [0.1, 0.15) is 6.54 Å². The SMILES string of the molecule is Cc1ccc(Cl)cc1NC(=O)CN1C(=O)S/C(=C\c2cn(Cc3ccccc3)c3ccccc23)C1=O. The number of aryl methyl sites for hydroxylation is 1. The summed E-state index contributed by atoms with van der Waals surface area (Å²) in [6.45, 7) is 2.15.